The first-order valence-electron chi connectivity index (χ1n) is 9.86. The van der Waals surface area contributed by atoms with Crippen LogP contribution in [-0.4, -0.2) is 24.3 Å². The van der Waals surface area contributed by atoms with Crippen LogP contribution in [0.5, 0.6) is 0 Å². The quantitative estimate of drug-likeness (QED) is 0.289. The lowest BCUT2D eigenvalue weighted by Gasteiger charge is -2.37. The first-order chi connectivity index (χ1) is 13.1. The van der Waals surface area contributed by atoms with Crippen molar-refractivity contribution in [2.75, 3.05) is 7.11 Å². The number of hydrogen-bond acceptors (Lipinski definition) is 3. The van der Waals surface area contributed by atoms with E-state index in [1.165, 1.54) is 7.11 Å². The third-order valence-electron chi connectivity index (χ3n) is 5.29. The number of Topliss-reactive ketones (excluding diaryl/α,β-unsaturated/α-hetero) is 2. The summed E-state index contributed by atoms with van der Waals surface area (Å²) in [5.74, 6) is -0.667. The number of ketones is 2. The van der Waals surface area contributed by atoms with Crippen LogP contribution < -0.4 is 0 Å². The molecule has 0 radical (unpaired) electrons. The minimum atomic E-state index is -1.49. The Balaban J connectivity index is 2.54. The maximum Gasteiger partial charge on any atom is 0.202 e. The van der Waals surface area contributed by atoms with Gasteiger partial charge in [0, 0.05) is 24.2 Å². The van der Waals surface area contributed by atoms with Crippen molar-refractivity contribution in [3.8, 4) is 0 Å². The van der Waals surface area contributed by atoms with Crippen LogP contribution in [0.3, 0.4) is 0 Å². The predicted octanol–water partition coefficient (Wildman–Crippen LogP) is 5.74. The van der Waals surface area contributed by atoms with Gasteiger partial charge in [-0.25, -0.2) is 0 Å². The average molecular weight is 367 g/mol. The standard InChI is InChI=1S/C24H30O3/c1-4-6-9-18-21(5-2)24(27-3,22(25)19-14-10-7-11-15-19)23(26)20-16-12-8-13-17-20/h7-8,10-17,21H,4-6,9,18H2,1-3H3. The monoisotopic (exact) mass is 366 g/mol. The van der Waals surface area contributed by atoms with Crippen LogP contribution in [0.1, 0.15) is 66.7 Å². The molecule has 0 saturated heterocycles. The van der Waals surface area contributed by atoms with Gasteiger partial charge in [-0.2, -0.15) is 0 Å². The van der Waals surface area contributed by atoms with E-state index in [9.17, 15) is 9.59 Å². The Hall–Kier alpha value is -2.26. The van der Waals surface area contributed by atoms with Crippen LogP contribution >= 0.6 is 0 Å². The Bertz CT molecular complexity index is 670. The molecule has 2 rings (SSSR count). The van der Waals surface area contributed by atoms with E-state index in [4.69, 9.17) is 4.74 Å². The van der Waals surface area contributed by atoms with E-state index in [0.29, 0.717) is 17.5 Å². The minimum absolute atomic E-state index is 0.172. The van der Waals surface area contributed by atoms with Gasteiger partial charge in [0.15, 0.2) is 5.60 Å². The topological polar surface area (TPSA) is 43.4 Å². The summed E-state index contributed by atoms with van der Waals surface area (Å²) in [7, 11) is 1.49. The van der Waals surface area contributed by atoms with Gasteiger partial charge in [-0.3, -0.25) is 9.59 Å². The van der Waals surface area contributed by atoms with E-state index in [-0.39, 0.29) is 17.5 Å². The van der Waals surface area contributed by atoms with Gasteiger partial charge in [0.1, 0.15) is 0 Å². The highest BCUT2D eigenvalue weighted by Crippen LogP contribution is 2.36. The van der Waals surface area contributed by atoms with Crippen LogP contribution in [-0.2, 0) is 4.74 Å². The Morgan fingerprint density at radius 3 is 1.70 bits per heavy atom. The van der Waals surface area contributed by atoms with Crippen molar-refractivity contribution in [2.45, 2.75) is 51.6 Å². The van der Waals surface area contributed by atoms with Crippen molar-refractivity contribution < 1.29 is 14.3 Å². The molecule has 0 fully saturated rings. The van der Waals surface area contributed by atoms with Gasteiger partial charge in [-0.15, -0.1) is 0 Å². The van der Waals surface area contributed by atoms with Gasteiger partial charge in [0.2, 0.25) is 11.6 Å². The molecule has 0 saturated carbocycles. The third kappa shape index (κ3) is 4.54. The lowest BCUT2D eigenvalue weighted by atomic mass is 9.72. The first kappa shape index (κ1) is 21.0. The Labute approximate surface area is 162 Å². The summed E-state index contributed by atoms with van der Waals surface area (Å²) >= 11 is 0. The van der Waals surface area contributed by atoms with Gasteiger partial charge in [0.25, 0.3) is 0 Å². The lowest BCUT2D eigenvalue weighted by Crippen LogP contribution is -2.54. The fraction of sp³-hybridized carbons (Fsp3) is 0.417. The number of ether oxygens (including phenoxy) is 1. The highest BCUT2D eigenvalue weighted by Gasteiger charge is 2.51. The second kappa shape index (κ2) is 10.2. The molecule has 3 nitrogen and oxygen atoms in total. The molecular formula is C24H30O3. The van der Waals surface area contributed by atoms with Gasteiger partial charge < -0.3 is 4.74 Å². The summed E-state index contributed by atoms with van der Waals surface area (Å²) in [5, 5.41) is 0. The van der Waals surface area contributed by atoms with Crippen LogP contribution in [0.15, 0.2) is 60.7 Å². The fourth-order valence-electron chi connectivity index (χ4n) is 3.77. The van der Waals surface area contributed by atoms with Gasteiger partial charge in [0.05, 0.1) is 0 Å². The molecule has 1 unspecified atom stereocenters. The van der Waals surface area contributed by atoms with Crippen LogP contribution in [0.4, 0.5) is 0 Å². The molecule has 0 aromatic heterocycles. The number of carbonyl (C=O) groups is 2. The van der Waals surface area contributed by atoms with E-state index in [2.05, 4.69) is 6.92 Å². The van der Waals surface area contributed by atoms with E-state index in [1.807, 2.05) is 43.3 Å². The van der Waals surface area contributed by atoms with Gasteiger partial charge in [-0.1, -0.05) is 93.8 Å². The minimum Gasteiger partial charge on any atom is -0.362 e. The molecule has 144 valence electrons. The highest BCUT2D eigenvalue weighted by molar-refractivity contribution is 6.23. The molecule has 0 heterocycles. The van der Waals surface area contributed by atoms with Crippen molar-refractivity contribution in [1.29, 1.82) is 0 Å². The first-order valence-corrected chi connectivity index (χ1v) is 9.86. The van der Waals surface area contributed by atoms with Crippen LogP contribution in [0.2, 0.25) is 0 Å². The van der Waals surface area contributed by atoms with Gasteiger partial charge in [-0.05, 0) is 12.8 Å². The van der Waals surface area contributed by atoms with E-state index >= 15 is 0 Å². The SMILES string of the molecule is CCCCCC(CC)C(OC)(C(=O)c1ccccc1)C(=O)c1ccccc1. The summed E-state index contributed by atoms with van der Waals surface area (Å²) in [4.78, 5) is 27.2. The molecule has 1 atom stereocenters. The summed E-state index contributed by atoms with van der Waals surface area (Å²) < 4.78 is 5.86. The van der Waals surface area contributed by atoms with Crippen LogP contribution in [0, 0.1) is 5.92 Å². The van der Waals surface area contributed by atoms with Crippen molar-refractivity contribution in [3.63, 3.8) is 0 Å². The zero-order valence-corrected chi connectivity index (χ0v) is 16.6. The molecule has 2 aromatic carbocycles. The zero-order valence-electron chi connectivity index (χ0n) is 16.6. The Kier molecular flexibility index (Phi) is 7.93. The van der Waals surface area contributed by atoms with Crippen molar-refractivity contribution in [2.24, 2.45) is 5.92 Å². The molecule has 0 N–H and O–H groups in total. The van der Waals surface area contributed by atoms with Crippen LogP contribution in [0.25, 0.3) is 0 Å². The molecule has 0 aliphatic rings. The predicted molar refractivity (Wildman–Crippen MR) is 109 cm³/mol. The smallest absolute Gasteiger partial charge is 0.202 e. The molecule has 0 aliphatic heterocycles. The fourth-order valence-corrected chi connectivity index (χ4v) is 3.77. The number of benzene rings is 2. The lowest BCUT2D eigenvalue weighted by molar-refractivity contribution is -0.0226. The highest BCUT2D eigenvalue weighted by atomic mass is 16.5. The second-order valence-electron chi connectivity index (χ2n) is 6.93. The number of carbonyl (C=O) groups excluding carboxylic acids is 2. The molecular weight excluding hydrogens is 336 g/mol. The maximum absolute atomic E-state index is 13.6. The molecule has 27 heavy (non-hydrogen) atoms. The maximum atomic E-state index is 13.6. The average Bonchev–Trinajstić information content (AvgIpc) is 2.74. The van der Waals surface area contributed by atoms with Crippen molar-refractivity contribution >= 4 is 11.6 Å². The molecule has 0 amide bonds. The van der Waals surface area contributed by atoms with Crippen molar-refractivity contribution in [3.05, 3.63) is 71.8 Å². The summed E-state index contributed by atoms with van der Waals surface area (Å²) in [6, 6.07) is 18.0. The molecule has 0 spiro atoms. The van der Waals surface area contributed by atoms with Crippen molar-refractivity contribution in [1.82, 2.24) is 0 Å². The number of unbranched alkanes of at least 4 members (excludes halogenated alkanes) is 2. The van der Waals surface area contributed by atoms with E-state index in [0.717, 1.165) is 25.7 Å². The van der Waals surface area contributed by atoms with E-state index in [1.54, 1.807) is 24.3 Å². The molecule has 2 aromatic rings. The van der Waals surface area contributed by atoms with E-state index < -0.39 is 5.60 Å². The Morgan fingerprint density at radius 1 is 0.852 bits per heavy atom. The molecule has 3 heteroatoms. The molecule has 0 bridgehead atoms. The second-order valence-corrected chi connectivity index (χ2v) is 6.93. The zero-order chi connectivity index (χ0) is 19.7. The molecule has 0 aliphatic carbocycles. The summed E-state index contributed by atoms with van der Waals surface area (Å²) in [6.45, 7) is 4.18. The third-order valence-corrected chi connectivity index (χ3v) is 5.29. The number of methoxy groups -OCH3 is 1. The van der Waals surface area contributed by atoms with Gasteiger partial charge >= 0.3 is 0 Å². The largest absolute Gasteiger partial charge is 0.362 e. The number of hydrogen-bond donors (Lipinski definition) is 0. The Morgan fingerprint density at radius 2 is 1.33 bits per heavy atom. The number of rotatable bonds is 11. The summed E-state index contributed by atoms with van der Waals surface area (Å²) in [5.41, 5.74) is -0.472. The summed E-state index contributed by atoms with van der Waals surface area (Å²) in [6.07, 6.45) is 4.64. The normalized spacial score (nSPS) is 12.6.